The van der Waals surface area contributed by atoms with Gasteiger partial charge in [0.15, 0.2) is 0 Å². The molecule has 0 saturated heterocycles. The maximum atomic E-state index is 12.4. The summed E-state index contributed by atoms with van der Waals surface area (Å²) in [6, 6.07) is 4.81. The molecule has 1 amide bonds. The number of carboxylic acid groups (broad SMARTS) is 1. The number of nitrogens with zero attached hydrogens (tertiary/aromatic N) is 1. The van der Waals surface area contributed by atoms with Crippen LogP contribution in [0.15, 0.2) is 18.2 Å². The van der Waals surface area contributed by atoms with Crippen LogP contribution >= 0.6 is 0 Å². The van der Waals surface area contributed by atoms with Gasteiger partial charge in [-0.1, -0.05) is 6.92 Å². The Morgan fingerprint density at radius 2 is 1.95 bits per heavy atom. The minimum absolute atomic E-state index is 0.322. The van der Waals surface area contributed by atoms with Crippen molar-refractivity contribution in [1.29, 1.82) is 0 Å². The van der Waals surface area contributed by atoms with Gasteiger partial charge in [0.1, 0.15) is 18.0 Å². The molecule has 0 radical (unpaired) electrons. The first-order valence-electron chi connectivity index (χ1n) is 6.26. The van der Waals surface area contributed by atoms with Crippen molar-refractivity contribution in [3.05, 3.63) is 23.8 Å². The number of hydrogen-bond donors (Lipinski definition) is 1. The highest BCUT2D eigenvalue weighted by molar-refractivity contribution is 5.98. The van der Waals surface area contributed by atoms with Gasteiger partial charge in [0, 0.05) is 12.6 Å². The second kappa shape index (κ2) is 7.37. The van der Waals surface area contributed by atoms with Gasteiger partial charge in [0.25, 0.3) is 5.91 Å². The largest absolute Gasteiger partial charge is 0.497 e. The zero-order valence-electron chi connectivity index (χ0n) is 11.9. The Balaban J connectivity index is 3.07. The van der Waals surface area contributed by atoms with E-state index >= 15 is 0 Å². The molecular weight excluding hydrogens is 262 g/mol. The van der Waals surface area contributed by atoms with Crippen LogP contribution < -0.4 is 9.47 Å². The van der Waals surface area contributed by atoms with Crippen LogP contribution in [0.1, 0.15) is 23.7 Å². The van der Waals surface area contributed by atoms with Gasteiger partial charge in [-0.25, -0.2) is 0 Å². The molecule has 0 aliphatic heterocycles. The van der Waals surface area contributed by atoms with E-state index in [0.29, 0.717) is 30.0 Å². The van der Waals surface area contributed by atoms with Crippen LogP contribution in [-0.4, -0.2) is 49.2 Å². The van der Waals surface area contributed by atoms with E-state index in [2.05, 4.69) is 0 Å². The number of methoxy groups -OCH3 is 2. The van der Waals surface area contributed by atoms with Crippen molar-refractivity contribution in [1.82, 2.24) is 4.90 Å². The summed E-state index contributed by atoms with van der Waals surface area (Å²) in [5.74, 6) is -0.479. The summed E-state index contributed by atoms with van der Waals surface area (Å²) in [6.45, 7) is 1.93. The Morgan fingerprint density at radius 3 is 2.45 bits per heavy atom. The fourth-order valence-corrected chi connectivity index (χ4v) is 1.83. The molecule has 0 atom stereocenters. The van der Waals surface area contributed by atoms with E-state index in [0.717, 1.165) is 0 Å². The van der Waals surface area contributed by atoms with Crippen LogP contribution in [0.25, 0.3) is 0 Å². The average Bonchev–Trinajstić information content (AvgIpc) is 2.44. The standard InChI is InChI=1S/C14H19NO5/c1-4-7-15(9-13(16)17)14(18)11-6-5-10(19-2)8-12(11)20-3/h5-6,8H,4,7,9H2,1-3H3,(H,16,17). The highest BCUT2D eigenvalue weighted by Gasteiger charge is 2.21. The molecule has 6 nitrogen and oxygen atoms in total. The molecule has 1 rings (SSSR count). The van der Waals surface area contributed by atoms with E-state index in [-0.39, 0.29) is 12.5 Å². The highest BCUT2D eigenvalue weighted by atomic mass is 16.5. The Labute approximate surface area is 117 Å². The van der Waals surface area contributed by atoms with E-state index in [1.165, 1.54) is 19.1 Å². The summed E-state index contributed by atoms with van der Waals surface area (Å²) in [6.07, 6.45) is 0.678. The SMILES string of the molecule is CCCN(CC(=O)O)C(=O)c1ccc(OC)cc1OC. The van der Waals surface area contributed by atoms with E-state index < -0.39 is 5.97 Å². The van der Waals surface area contributed by atoms with E-state index in [9.17, 15) is 9.59 Å². The number of carbonyl (C=O) groups is 2. The Morgan fingerprint density at radius 1 is 1.25 bits per heavy atom. The molecule has 0 fully saturated rings. The van der Waals surface area contributed by atoms with Crippen LogP contribution in [0.3, 0.4) is 0 Å². The molecule has 20 heavy (non-hydrogen) atoms. The quantitative estimate of drug-likeness (QED) is 0.822. The van der Waals surface area contributed by atoms with Gasteiger partial charge in [-0.2, -0.15) is 0 Å². The second-order valence-corrected chi connectivity index (χ2v) is 4.19. The normalized spacial score (nSPS) is 9.95. The molecule has 1 aromatic rings. The minimum Gasteiger partial charge on any atom is -0.497 e. The zero-order valence-corrected chi connectivity index (χ0v) is 11.9. The first kappa shape index (κ1) is 15.8. The molecule has 1 N–H and O–H groups in total. The summed E-state index contributed by atoms with van der Waals surface area (Å²) in [4.78, 5) is 24.5. The van der Waals surface area contributed by atoms with Gasteiger partial charge in [0.2, 0.25) is 0 Å². The lowest BCUT2D eigenvalue weighted by atomic mass is 10.1. The van der Waals surface area contributed by atoms with E-state index in [1.54, 1.807) is 18.2 Å². The fourth-order valence-electron chi connectivity index (χ4n) is 1.83. The van der Waals surface area contributed by atoms with Crippen LogP contribution in [0, 0.1) is 0 Å². The molecule has 0 aliphatic carbocycles. The zero-order chi connectivity index (χ0) is 15.1. The third kappa shape index (κ3) is 3.88. The summed E-state index contributed by atoms with van der Waals surface area (Å²) in [5.41, 5.74) is 0.322. The third-order valence-corrected chi connectivity index (χ3v) is 2.75. The minimum atomic E-state index is -1.04. The number of aliphatic carboxylic acids is 1. The van der Waals surface area contributed by atoms with Gasteiger partial charge >= 0.3 is 5.97 Å². The van der Waals surface area contributed by atoms with E-state index in [1.807, 2.05) is 6.92 Å². The van der Waals surface area contributed by atoms with Crippen molar-refractivity contribution in [3.8, 4) is 11.5 Å². The lowest BCUT2D eigenvalue weighted by Crippen LogP contribution is -2.36. The average molecular weight is 281 g/mol. The number of amides is 1. The molecule has 0 bridgehead atoms. The molecule has 6 heteroatoms. The predicted octanol–water partition coefficient (Wildman–Crippen LogP) is 1.64. The summed E-state index contributed by atoms with van der Waals surface area (Å²) in [5, 5.41) is 8.87. The Hall–Kier alpha value is -2.24. The Bertz CT molecular complexity index is 486. The van der Waals surface area contributed by atoms with Crippen molar-refractivity contribution in [3.63, 3.8) is 0 Å². The van der Waals surface area contributed by atoms with Gasteiger partial charge in [-0.15, -0.1) is 0 Å². The smallest absolute Gasteiger partial charge is 0.323 e. The number of carbonyl (C=O) groups excluding carboxylic acids is 1. The second-order valence-electron chi connectivity index (χ2n) is 4.19. The number of benzene rings is 1. The van der Waals surface area contributed by atoms with Gasteiger partial charge in [-0.3, -0.25) is 9.59 Å². The van der Waals surface area contributed by atoms with Crippen molar-refractivity contribution in [2.75, 3.05) is 27.3 Å². The van der Waals surface area contributed by atoms with Crippen molar-refractivity contribution in [2.45, 2.75) is 13.3 Å². The van der Waals surface area contributed by atoms with Crippen LogP contribution in [0.4, 0.5) is 0 Å². The molecule has 0 saturated carbocycles. The number of carboxylic acids is 1. The molecule has 1 aromatic carbocycles. The first-order valence-corrected chi connectivity index (χ1v) is 6.26. The third-order valence-electron chi connectivity index (χ3n) is 2.75. The van der Waals surface area contributed by atoms with Gasteiger partial charge < -0.3 is 19.5 Å². The van der Waals surface area contributed by atoms with Gasteiger partial charge in [-0.05, 0) is 18.6 Å². The topological polar surface area (TPSA) is 76.1 Å². The molecule has 110 valence electrons. The highest BCUT2D eigenvalue weighted by Crippen LogP contribution is 2.25. The molecule has 0 unspecified atom stereocenters. The summed E-state index contributed by atoms with van der Waals surface area (Å²) < 4.78 is 10.2. The van der Waals surface area contributed by atoms with Crippen LogP contribution in [0.2, 0.25) is 0 Å². The molecule has 0 aromatic heterocycles. The number of hydrogen-bond acceptors (Lipinski definition) is 4. The first-order chi connectivity index (χ1) is 9.53. The fraction of sp³-hybridized carbons (Fsp3) is 0.429. The van der Waals surface area contributed by atoms with Crippen molar-refractivity contribution >= 4 is 11.9 Å². The molecule has 0 aliphatic rings. The molecule has 0 heterocycles. The maximum Gasteiger partial charge on any atom is 0.323 e. The summed E-state index contributed by atoms with van der Waals surface area (Å²) >= 11 is 0. The van der Waals surface area contributed by atoms with Crippen molar-refractivity contribution < 1.29 is 24.2 Å². The van der Waals surface area contributed by atoms with Crippen LogP contribution in [0.5, 0.6) is 11.5 Å². The summed E-state index contributed by atoms with van der Waals surface area (Å²) in [7, 11) is 2.97. The van der Waals surface area contributed by atoms with E-state index in [4.69, 9.17) is 14.6 Å². The maximum absolute atomic E-state index is 12.4. The molecule has 0 spiro atoms. The predicted molar refractivity (Wildman–Crippen MR) is 73.4 cm³/mol. The van der Waals surface area contributed by atoms with Crippen LogP contribution in [-0.2, 0) is 4.79 Å². The number of rotatable bonds is 7. The monoisotopic (exact) mass is 281 g/mol. The van der Waals surface area contributed by atoms with Crippen molar-refractivity contribution in [2.24, 2.45) is 0 Å². The Kier molecular flexibility index (Phi) is 5.83. The van der Waals surface area contributed by atoms with Gasteiger partial charge in [0.05, 0.1) is 19.8 Å². The lowest BCUT2D eigenvalue weighted by molar-refractivity contribution is -0.137. The number of ether oxygens (including phenoxy) is 2. The lowest BCUT2D eigenvalue weighted by Gasteiger charge is -2.21. The molecular formula is C14H19NO5.